The smallest absolute Gasteiger partial charge is 0.468 e. The Bertz CT molecular complexity index is 734. The Morgan fingerprint density at radius 1 is 0.725 bits per heavy atom. The minimum absolute atomic E-state index is 0.569. The van der Waals surface area contributed by atoms with Crippen LogP contribution in [-0.2, 0) is 33.1 Å². The van der Waals surface area contributed by atoms with Crippen LogP contribution in [0.25, 0.3) is 0 Å². The molecule has 234 valence electrons. The van der Waals surface area contributed by atoms with Crippen molar-refractivity contribution in [2.24, 2.45) is 0 Å². The third kappa shape index (κ3) is 12.7. The molecule has 0 N–H and O–H groups in total. The average molecular weight is 637 g/mol. The third-order valence-electron chi connectivity index (χ3n) is 6.21. The molecule has 1 heterocycles. The standard InChI is InChI=1S/C27H56N2O7SSi3/c1-10-31-39(32-11-2,33-12-3)23-17-20-28(21-18-24-40(34-13-4,35-14-5)36-15-6)27(37)29(38(7,8)9)25-26-19-16-22-30-26/h16,19,22H,10-15,17-18,20-21,23-25H2,1-9H3. The van der Waals surface area contributed by atoms with E-state index in [1.807, 2.05) is 53.7 Å². The van der Waals surface area contributed by atoms with Crippen LogP contribution >= 0.6 is 12.2 Å². The van der Waals surface area contributed by atoms with Gasteiger partial charge in [0.05, 0.1) is 12.8 Å². The molecule has 0 spiro atoms. The highest BCUT2D eigenvalue weighted by Crippen LogP contribution is 2.23. The molecule has 0 fully saturated rings. The largest absolute Gasteiger partial charge is 0.500 e. The third-order valence-corrected chi connectivity index (χ3v) is 15.1. The predicted octanol–water partition coefficient (Wildman–Crippen LogP) is 6.38. The van der Waals surface area contributed by atoms with Crippen LogP contribution < -0.4 is 0 Å². The number of furan rings is 1. The quantitative estimate of drug-likeness (QED) is 0.0998. The van der Waals surface area contributed by atoms with Crippen molar-refractivity contribution in [2.75, 3.05) is 52.7 Å². The van der Waals surface area contributed by atoms with Gasteiger partial charge in [0.25, 0.3) is 0 Å². The van der Waals surface area contributed by atoms with Crippen LogP contribution in [0.2, 0.25) is 31.7 Å². The minimum atomic E-state index is -2.75. The van der Waals surface area contributed by atoms with Gasteiger partial charge < -0.3 is 40.4 Å². The van der Waals surface area contributed by atoms with Gasteiger partial charge in [0.2, 0.25) is 0 Å². The fourth-order valence-corrected chi connectivity index (χ4v) is 12.2. The second-order valence-corrected chi connectivity index (χ2v) is 21.0. The summed E-state index contributed by atoms with van der Waals surface area (Å²) in [6.45, 7) is 24.5. The van der Waals surface area contributed by atoms with Crippen molar-refractivity contribution in [3.63, 3.8) is 0 Å². The summed E-state index contributed by atoms with van der Waals surface area (Å²) in [6.07, 6.45) is 3.41. The first-order valence-corrected chi connectivity index (χ1v) is 22.7. The summed E-state index contributed by atoms with van der Waals surface area (Å²) < 4.78 is 44.8. The number of hydrogen-bond donors (Lipinski definition) is 0. The lowest BCUT2D eigenvalue weighted by atomic mass is 10.3. The Morgan fingerprint density at radius 2 is 1.12 bits per heavy atom. The number of thiocarbonyl (C=S) groups is 1. The molecule has 9 nitrogen and oxygen atoms in total. The van der Waals surface area contributed by atoms with Gasteiger partial charge in [0.1, 0.15) is 5.76 Å². The summed E-state index contributed by atoms with van der Waals surface area (Å²) in [7, 11) is -7.34. The Hall–Kier alpha value is -0.619. The van der Waals surface area contributed by atoms with Crippen molar-refractivity contribution in [1.29, 1.82) is 0 Å². The number of nitrogens with zero attached hydrogens (tertiary/aromatic N) is 2. The van der Waals surface area contributed by atoms with E-state index in [9.17, 15) is 0 Å². The lowest BCUT2D eigenvalue weighted by Gasteiger charge is -2.41. The lowest BCUT2D eigenvalue weighted by Crippen LogP contribution is -2.55. The molecule has 1 aromatic heterocycles. The molecule has 0 atom stereocenters. The molecule has 1 rings (SSSR count). The molecule has 0 aliphatic heterocycles. The van der Waals surface area contributed by atoms with Gasteiger partial charge in [-0.05, 0) is 78.7 Å². The Morgan fingerprint density at radius 3 is 1.43 bits per heavy atom. The van der Waals surface area contributed by atoms with Crippen LogP contribution in [0.4, 0.5) is 0 Å². The van der Waals surface area contributed by atoms with Crippen LogP contribution in [0.15, 0.2) is 22.8 Å². The topological polar surface area (TPSA) is 75.0 Å². The summed E-state index contributed by atoms with van der Waals surface area (Å²) >= 11 is 6.22. The molecular formula is C27H56N2O7SSi3. The zero-order valence-electron chi connectivity index (χ0n) is 26.6. The summed E-state index contributed by atoms with van der Waals surface area (Å²) in [5.41, 5.74) is 0. The zero-order chi connectivity index (χ0) is 30.1. The highest BCUT2D eigenvalue weighted by atomic mass is 32.1. The number of rotatable bonds is 23. The van der Waals surface area contributed by atoms with Gasteiger partial charge in [-0.1, -0.05) is 19.6 Å². The van der Waals surface area contributed by atoms with E-state index < -0.39 is 25.8 Å². The fourth-order valence-electron chi connectivity index (χ4n) is 4.60. The predicted molar refractivity (Wildman–Crippen MR) is 172 cm³/mol. The molecule has 0 unspecified atom stereocenters. The molecule has 1 aromatic rings. The second kappa shape index (κ2) is 19.5. The van der Waals surface area contributed by atoms with E-state index in [0.717, 1.165) is 48.9 Å². The zero-order valence-corrected chi connectivity index (χ0v) is 30.4. The average Bonchev–Trinajstić information content (AvgIpc) is 3.40. The van der Waals surface area contributed by atoms with E-state index >= 15 is 0 Å². The van der Waals surface area contributed by atoms with Gasteiger partial charge in [0.15, 0.2) is 13.3 Å². The Labute approximate surface area is 252 Å². The summed E-state index contributed by atoms with van der Waals surface area (Å²) in [6, 6.07) is 5.42. The molecule has 0 saturated carbocycles. The van der Waals surface area contributed by atoms with E-state index in [1.165, 1.54) is 0 Å². The molecule has 0 aliphatic rings. The van der Waals surface area contributed by atoms with Crippen LogP contribution in [0.5, 0.6) is 0 Å². The SMILES string of the molecule is CCO[Si](CCCN(CCC[Si](OCC)(OCC)OCC)C(=S)N(Cc1ccco1)[Si](C)(C)C)(OCC)OCC. The van der Waals surface area contributed by atoms with Gasteiger partial charge >= 0.3 is 17.6 Å². The Kier molecular flexibility index (Phi) is 18.3. The first-order chi connectivity index (χ1) is 19.1. The van der Waals surface area contributed by atoms with E-state index in [2.05, 4.69) is 29.1 Å². The summed E-state index contributed by atoms with van der Waals surface area (Å²) in [5, 5.41) is 0.851. The maximum Gasteiger partial charge on any atom is 0.500 e. The molecular weight excluding hydrogens is 581 g/mol. The second-order valence-electron chi connectivity index (χ2n) is 10.3. The normalized spacial score (nSPS) is 12.6. The van der Waals surface area contributed by atoms with Crippen molar-refractivity contribution in [3.05, 3.63) is 24.2 Å². The van der Waals surface area contributed by atoms with Gasteiger partial charge in [0, 0.05) is 64.8 Å². The van der Waals surface area contributed by atoms with Gasteiger partial charge in [-0.15, -0.1) is 0 Å². The molecule has 0 bridgehead atoms. The fraction of sp³-hybridized carbons (Fsp3) is 0.815. The number of hydrogen-bond acceptors (Lipinski definition) is 8. The van der Waals surface area contributed by atoms with E-state index in [-0.39, 0.29) is 0 Å². The molecule has 13 heteroatoms. The molecule has 0 aromatic carbocycles. The van der Waals surface area contributed by atoms with Crippen molar-refractivity contribution in [2.45, 2.75) is 92.7 Å². The van der Waals surface area contributed by atoms with Crippen molar-refractivity contribution in [1.82, 2.24) is 9.47 Å². The highest BCUT2D eigenvalue weighted by molar-refractivity contribution is 7.80. The first-order valence-electron chi connectivity index (χ1n) is 15.0. The minimum Gasteiger partial charge on any atom is -0.468 e. The van der Waals surface area contributed by atoms with Crippen molar-refractivity contribution >= 4 is 43.2 Å². The monoisotopic (exact) mass is 636 g/mol. The molecule has 40 heavy (non-hydrogen) atoms. The Balaban J connectivity index is 3.17. The molecule has 0 radical (unpaired) electrons. The van der Waals surface area contributed by atoms with E-state index in [4.69, 9.17) is 43.2 Å². The molecule has 0 saturated heterocycles. The van der Waals surface area contributed by atoms with Crippen molar-refractivity contribution in [3.8, 4) is 0 Å². The lowest BCUT2D eigenvalue weighted by molar-refractivity contribution is 0.0702. The first kappa shape index (κ1) is 37.4. The van der Waals surface area contributed by atoms with Gasteiger partial charge in [-0.25, -0.2) is 0 Å². The van der Waals surface area contributed by atoms with E-state index in [0.29, 0.717) is 46.2 Å². The van der Waals surface area contributed by atoms with Gasteiger partial charge in [-0.2, -0.15) is 0 Å². The maximum absolute atomic E-state index is 6.22. The van der Waals surface area contributed by atoms with Crippen molar-refractivity contribution < 1.29 is 31.0 Å². The highest BCUT2D eigenvalue weighted by Gasteiger charge is 2.41. The maximum atomic E-state index is 6.22. The van der Waals surface area contributed by atoms with Crippen LogP contribution in [0, 0.1) is 0 Å². The molecule has 0 amide bonds. The van der Waals surface area contributed by atoms with Crippen LogP contribution in [0.1, 0.15) is 60.1 Å². The van der Waals surface area contributed by atoms with Crippen LogP contribution in [-0.4, -0.2) is 93.2 Å². The summed E-state index contributed by atoms with van der Waals surface area (Å²) in [5.74, 6) is 0.913. The molecule has 0 aliphatic carbocycles. The van der Waals surface area contributed by atoms with E-state index in [1.54, 1.807) is 6.26 Å². The van der Waals surface area contributed by atoms with Crippen LogP contribution in [0.3, 0.4) is 0 Å². The summed E-state index contributed by atoms with van der Waals surface area (Å²) in [4.78, 5) is 2.32. The van der Waals surface area contributed by atoms with Gasteiger partial charge in [-0.3, -0.25) is 0 Å².